The Kier molecular flexibility index (Phi) is 6.52. The van der Waals surface area contributed by atoms with E-state index in [1.807, 2.05) is 0 Å². The molecule has 0 saturated carbocycles. The second-order valence-corrected chi connectivity index (χ2v) is 5.37. The summed E-state index contributed by atoms with van der Waals surface area (Å²) in [5, 5.41) is 9.72. The van der Waals surface area contributed by atoms with E-state index in [1.54, 1.807) is 24.3 Å². The van der Waals surface area contributed by atoms with Gasteiger partial charge in [0.25, 0.3) is 0 Å². The van der Waals surface area contributed by atoms with Gasteiger partial charge in [0.05, 0.1) is 16.0 Å². The number of halogens is 3. The van der Waals surface area contributed by atoms with Crippen molar-refractivity contribution in [2.75, 3.05) is 13.1 Å². The maximum absolute atomic E-state index is 12.0. The minimum absolute atomic E-state index is 0. The van der Waals surface area contributed by atoms with Gasteiger partial charge in [-0.1, -0.05) is 35.3 Å². The summed E-state index contributed by atoms with van der Waals surface area (Å²) in [6.45, 7) is 0.713. The molecule has 1 atom stereocenters. The number of rotatable bonds is 3. The second-order valence-electron chi connectivity index (χ2n) is 4.58. The average Bonchev–Trinajstić information content (AvgIpc) is 2.90. The van der Waals surface area contributed by atoms with Crippen molar-refractivity contribution in [2.24, 2.45) is 5.92 Å². The minimum atomic E-state index is -0.859. The van der Waals surface area contributed by atoms with Gasteiger partial charge in [-0.05, 0) is 24.1 Å². The van der Waals surface area contributed by atoms with Gasteiger partial charge in [0.15, 0.2) is 0 Å². The molecule has 0 aliphatic carbocycles. The Bertz CT molecular complexity index is 575. The van der Waals surface area contributed by atoms with Gasteiger partial charge in [-0.3, -0.25) is 9.59 Å². The number of likely N-dealkylation sites (tertiary alicyclic amines) is 1. The Balaban J connectivity index is 0.00000220. The van der Waals surface area contributed by atoms with E-state index in [0.717, 1.165) is 0 Å². The largest absolute Gasteiger partial charge is 0.481 e. The van der Waals surface area contributed by atoms with Gasteiger partial charge in [0.1, 0.15) is 0 Å². The number of carbonyl (C=O) groups is 2. The molecule has 1 unspecified atom stereocenters. The Labute approximate surface area is 138 Å². The Morgan fingerprint density at radius 1 is 1.33 bits per heavy atom. The van der Waals surface area contributed by atoms with Crippen LogP contribution in [0.5, 0.6) is 0 Å². The molecule has 0 aromatic heterocycles. The van der Waals surface area contributed by atoms with Crippen molar-refractivity contribution >= 4 is 53.6 Å². The van der Waals surface area contributed by atoms with Crippen molar-refractivity contribution < 1.29 is 14.7 Å². The smallest absolute Gasteiger partial charge is 0.308 e. The summed E-state index contributed by atoms with van der Waals surface area (Å²) in [5.74, 6) is -1.55. The molecule has 1 aromatic carbocycles. The Morgan fingerprint density at radius 3 is 2.67 bits per heavy atom. The summed E-state index contributed by atoms with van der Waals surface area (Å²) in [6.07, 6.45) is 3.47. The highest BCUT2D eigenvalue weighted by Gasteiger charge is 2.29. The molecular weight excluding hydrogens is 337 g/mol. The van der Waals surface area contributed by atoms with Crippen LogP contribution in [0.25, 0.3) is 6.08 Å². The molecule has 0 bridgehead atoms. The van der Waals surface area contributed by atoms with Gasteiger partial charge in [-0.25, -0.2) is 0 Å². The molecular formula is C14H14Cl3NO3. The van der Waals surface area contributed by atoms with Gasteiger partial charge >= 0.3 is 5.97 Å². The maximum atomic E-state index is 12.0. The van der Waals surface area contributed by atoms with E-state index in [9.17, 15) is 9.59 Å². The highest BCUT2D eigenvalue weighted by Crippen LogP contribution is 2.26. The van der Waals surface area contributed by atoms with Crippen molar-refractivity contribution in [1.82, 2.24) is 4.90 Å². The fourth-order valence-corrected chi connectivity index (χ4v) is 2.45. The van der Waals surface area contributed by atoms with E-state index < -0.39 is 11.9 Å². The summed E-state index contributed by atoms with van der Waals surface area (Å²) in [6, 6.07) is 5.16. The molecule has 0 spiro atoms. The van der Waals surface area contributed by atoms with Crippen molar-refractivity contribution in [3.8, 4) is 0 Å². The monoisotopic (exact) mass is 349 g/mol. The summed E-state index contributed by atoms with van der Waals surface area (Å²) in [7, 11) is 0. The van der Waals surface area contributed by atoms with E-state index in [1.165, 1.54) is 11.0 Å². The molecule has 4 nitrogen and oxygen atoms in total. The fraction of sp³-hybridized carbons (Fsp3) is 0.286. The number of carbonyl (C=O) groups excluding carboxylic acids is 1. The lowest BCUT2D eigenvalue weighted by molar-refractivity contribution is -0.141. The fourth-order valence-electron chi connectivity index (χ4n) is 2.08. The highest BCUT2D eigenvalue weighted by atomic mass is 35.5. The molecule has 1 aromatic rings. The standard InChI is InChI=1S/C14H13Cl2NO3.ClH/c15-11-3-1-2-9(13(11)16)4-5-12(18)17-7-6-10(8-17)14(19)20;/h1-5,10H,6-8H2,(H,19,20);1H/b5-4+;. The highest BCUT2D eigenvalue weighted by molar-refractivity contribution is 6.42. The first kappa shape index (κ1) is 17.8. The van der Waals surface area contributed by atoms with Crippen molar-refractivity contribution in [3.05, 3.63) is 39.9 Å². The van der Waals surface area contributed by atoms with Crippen molar-refractivity contribution in [3.63, 3.8) is 0 Å². The number of aliphatic carboxylic acids is 1. The normalized spacial score (nSPS) is 17.8. The molecule has 21 heavy (non-hydrogen) atoms. The zero-order valence-corrected chi connectivity index (χ0v) is 13.3. The zero-order chi connectivity index (χ0) is 14.7. The van der Waals surface area contributed by atoms with Crippen LogP contribution in [0.1, 0.15) is 12.0 Å². The number of amides is 1. The molecule has 1 fully saturated rings. The van der Waals surface area contributed by atoms with Crippen LogP contribution >= 0.6 is 35.6 Å². The molecule has 7 heteroatoms. The van der Waals surface area contributed by atoms with E-state index in [0.29, 0.717) is 28.6 Å². The topological polar surface area (TPSA) is 57.6 Å². The van der Waals surface area contributed by atoms with Crippen LogP contribution in [0.15, 0.2) is 24.3 Å². The van der Waals surface area contributed by atoms with Gasteiger partial charge in [-0.15, -0.1) is 12.4 Å². The van der Waals surface area contributed by atoms with Crippen LogP contribution in [-0.2, 0) is 9.59 Å². The number of hydrogen-bond donors (Lipinski definition) is 1. The lowest BCUT2D eigenvalue weighted by Gasteiger charge is -2.12. The average molecular weight is 351 g/mol. The van der Waals surface area contributed by atoms with Crippen LogP contribution in [0.4, 0.5) is 0 Å². The van der Waals surface area contributed by atoms with Crippen LogP contribution in [0.3, 0.4) is 0 Å². The number of nitrogens with zero attached hydrogens (tertiary/aromatic N) is 1. The molecule has 1 heterocycles. The molecule has 1 aliphatic heterocycles. The van der Waals surface area contributed by atoms with E-state index in [2.05, 4.69) is 0 Å². The van der Waals surface area contributed by atoms with Crippen molar-refractivity contribution in [1.29, 1.82) is 0 Å². The summed E-state index contributed by atoms with van der Waals surface area (Å²) in [4.78, 5) is 24.3. The third-order valence-corrected chi connectivity index (χ3v) is 4.07. The predicted octanol–water partition coefficient (Wildman–Crippen LogP) is 3.36. The van der Waals surface area contributed by atoms with Crippen LogP contribution in [0.2, 0.25) is 10.0 Å². The summed E-state index contributed by atoms with van der Waals surface area (Å²) in [5.41, 5.74) is 0.654. The molecule has 114 valence electrons. The van der Waals surface area contributed by atoms with Crippen LogP contribution in [0, 0.1) is 5.92 Å². The summed E-state index contributed by atoms with van der Waals surface area (Å²) < 4.78 is 0. The summed E-state index contributed by atoms with van der Waals surface area (Å²) >= 11 is 11.9. The van der Waals surface area contributed by atoms with Gasteiger partial charge in [0.2, 0.25) is 5.91 Å². The molecule has 0 radical (unpaired) electrons. The lowest BCUT2D eigenvalue weighted by atomic mass is 10.1. The molecule has 1 amide bonds. The Morgan fingerprint density at radius 2 is 2.05 bits per heavy atom. The maximum Gasteiger partial charge on any atom is 0.308 e. The second kappa shape index (κ2) is 7.69. The number of carboxylic acid groups (broad SMARTS) is 1. The lowest BCUT2D eigenvalue weighted by Crippen LogP contribution is -2.28. The third-order valence-electron chi connectivity index (χ3n) is 3.24. The van der Waals surface area contributed by atoms with E-state index in [-0.39, 0.29) is 24.9 Å². The molecule has 2 rings (SSSR count). The Hall–Kier alpha value is -1.23. The minimum Gasteiger partial charge on any atom is -0.481 e. The van der Waals surface area contributed by atoms with Gasteiger partial charge < -0.3 is 10.0 Å². The molecule has 1 N–H and O–H groups in total. The number of carboxylic acids is 1. The quantitative estimate of drug-likeness (QED) is 0.850. The van der Waals surface area contributed by atoms with Crippen LogP contribution < -0.4 is 0 Å². The molecule has 1 aliphatic rings. The van der Waals surface area contributed by atoms with Gasteiger partial charge in [0, 0.05) is 19.2 Å². The zero-order valence-electron chi connectivity index (χ0n) is 11.0. The first-order valence-electron chi connectivity index (χ1n) is 6.13. The van der Waals surface area contributed by atoms with E-state index >= 15 is 0 Å². The van der Waals surface area contributed by atoms with Crippen molar-refractivity contribution in [2.45, 2.75) is 6.42 Å². The van der Waals surface area contributed by atoms with Crippen LogP contribution in [-0.4, -0.2) is 35.0 Å². The number of hydrogen-bond acceptors (Lipinski definition) is 2. The predicted molar refractivity (Wildman–Crippen MR) is 85.1 cm³/mol. The SMILES string of the molecule is Cl.O=C(O)C1CCN(C(=O)/C=C/c2cccc(Cl)c2Cl)C1. The molecule has 1 saturated heterocycles. The van der Waals surface area contributed by atoms with E-state index in [4.69, 9.17) is 28.3 Å². The number of benzene rings is 1. The first-order chi connectivity index (χ1) is 9.49. The first-order valence-corrected chi connectivity index (χ1v) is 6.88. The van der Waals surface area contributed by atoms with Gasteiger partial charge in [-0.2, -0.15) is 0 Å². The third kappa shape index (κ3) is 4.37.